The number of nitrogens with zero attached hydrogens (tertiary/aromatic N) is 1. The van der Waals surface area contributed by atoms with E-state index in [9.17, 15) is 17.6 Å². The summed E-state index contributed by atoms with van der Waals surface area (Å²) in [4.78, 5) is 3.67. The average molecular weight is 299 g/mol. The number of halogens is 4. The van der Waals surface area contributed by atoms with Gasteiger partial charge in [-0.25, -0.2) is 9.37 Å². The molecule has 1 heterocycles. The molecule has 0 aliphatic rings. The standard InChI is InChI=1S/C14H13F4N3/c15-11-3-1-9(2-4-11)5-6-20-13-12(19)7-10(8-21-13)14(16,17)18/h1-4,7-8H,5-6,19H2,(H,20,21). The topological polar surface area (TPSA) is 50.9 Å². The van der Waals surface area contributed by atoms with Crippen LogP contribution in [0.1, 0.15) is 11.1 Å². The Kier molecular flexibility index (Phi) is 4.30. The van der Waals surface area contributed by atoms with Crippen LogP contribution in [-0.4, -0.2) is 11.5 Å². The first kappa shape index (κ1) is 15.1. The van der Waals surface area contributed by atoms with Gasteiger partial charge in [0.05, 0.1) is 11.3 Å². The lowest BCUT2D eigenvalue weighted by Crippen LogP contribution is -2.11. The lowest BCUT2D eigenvalue weighted by Gasteiger charge is -2.11. The van der Waals surface area contributed by atoms with Gasteiger partial charge < -0.3 is 11.1 Å². The first-order valence-electron chi connectivity index (χ1n) is 6.17. The zero-order valence-corrected chi connectivity index (χ0v) is 10.9. The third-order valence-corrected chi connectivity index (χ3v) is 2.86. The molecule has 0 amide bonds. The summed E-state index contributed by atoms with van der Waals surface area (Å²) in [5.41, 5.74) is 5.49. The number of benzene rings is 1. The summed E-state index contributed by atoms with van der Waals surface area (Å²) in [7, 11) is 0. The van der Waals surface area contributed by atoms with Crippen LogP contribution in [0.15, 0.2) is 36.5 Å². The molecule has 7 heteroatoms. The lowest BCUT2D eigenvalue weighted by molar-refractivity contribution is -0.137. The van der Waals surface area contributed by atoms with E-state index in [1.54, 1.807) is 12.1 Å². The minimum atomic E-state index is -4.46. The van der Waals surface area contributed by atoms with E-state index >= 15 is 0 Å². The highest BCUT2D eigenvalue weighted by Crippen LogP contribution is 2.31. The first-order valence-corrected chi connectivity index (χ1v) is 6.17. The van der Waals surface area contributed by atoms with Gasteiger partial charge in [0.2, 0.25) is 0 Å². The zero-order chi connectivity index (χ0) is 15.5. The van der Waals surface area contributed by atoms with E-state index in [4.69, 9.17) is 5.73 Å². The normalized spacial score (nSPS) is 11.4. The van der Waals surface area contributed by atoms with Crippen LogP contribution in [0.25, 0.3) is 0 Å². The molecule has 1 aromatic carbocycles. The van der Waals surface area contributed by atoms with Gasteiger partial charge in [0, 0.05) is 12.7 Å². The van der Waals surface area contributed by atoms with E-state index in [2.05, 4.69) is 10.3 Å². The van der Waals surface area contributed by atoms with Gasteiger partial charge in [0.25, 0.3) is 0 Å². The van der Waals surface area contributed by atoms with Gasteiger partial charge in [-0.3, -0.25) is 0 Å². The molecule has 0 spiro atoms. The molecule has 1 aromatic heterocycles. The van der Waals surface area contributed by atoms with Crippen LogP contribution in [0.2, 0.25) is 0 Å². The third-order valence-electron chi connectivity index (χ3n) is 2.86. The van der Waals surface area contributed by atoms with Crippen LogP contribution in [0.4, 0.5) is 29.1 Å². The average Bonchev–Trinajstić information content (AvgIpc) is 2.41. The number of pyridine rings is 1. The highest BCUT2D eigenvalue weighted by atomic mass is 19.4. The van der Waals surface area contributed by atoms with Gasteiger partial charge in [-0.2, -0.15) is 13.2 Å². The van der Waals surface area contributed by atoms with E-state index < -0.39 is 11.7 Å². The Morgan fingerprint density at radius 1 is 1.14 bits per heavy atom. The van der Waals surface area contributed by atoms with Crippen molar-refractivity contribution in [3.05, 3.63) is 53.5 Å². The maximum atomic E-state index is 12.7. The molecular formula is C14H13F4N3. The fraction of sp³-hybridized carbons (Fsp3) is 0.214. The molecule has 0 aliphatic carbocycles. The van der Waals surface area contributed by atoms with Gasteiger partial charge >= 0.3 is 6.18 Å². The highest BCUT2D eigenvalue weighted by Gasteiger charge is 2.31. The third kappa shape index (κ3) is 4.08. The summed E-state index contributed by atoms with van der Waals surface area (Å²) in [6.07, 6.45) is -3.16. The predicted molar refractivity (Wildman–Crippen MR) is 72.2 cm³/mol. The number of alkyl halides is 3. The molecular weight excluding hydrogens is 286 g/mol. The summed E-state index contributed by atoms with van der Waals surface area (Å²) in [5, 5.41) is 2.86. The van der Waals surface area contributed by atoms with Gasteiger partial charge in [-0.15, -0.1) is 0 Å². The van der Waals surface area contributed by atoms with Crippen molar-refractivity contribution in [3.8, 4) is 0 Å². The van der Waals surface area contributed by atoms with Gasteiger partial charge in [0.1, 0.15) is 11.6 Å². The SMILES string of the molecule is Nc1cc(C(F)(F)F)cnc1NCCc1ccc(F)cc1. The van der Waals surface area contributed by atoms with Gasteiger partial charge in [-0.05, 0) is 30.2 Å². The largest absolute Gasteiger partial charge is 0.417 e. The van der Waals surface area contributed by atoms with Crippen LogP contribution >= 0.6 is 0 Å². The number of hydrogen-bond donors (Lipinski definition) is 2. The van der Waals surface area contributed by atoms with Crippen LogP contribution in [0, 0.1) is 5.82 Å². The fourth-order valence-electron chi connectivity index (χ4n) is 1.76. The van der Waals surface area contributed by atoms with Crippen molar-refractivity contribution in [2.24, 2.45) is 0 Å². The molecule has 21 heavy (non-hydrogen) atoms. The number of rotatable bonds is 4. The van der Waals surface area contributed by atoms with E-state index in [1.165, 1.54) is 12.1 Å². The molecule has 0 atom stereocenters. The maximum Gasteiger partial charge on any atom is 0.417 e. The van der Waals surface area contributed by atoms with Gasteiger partial charge in [-0.1, -0.05) is 12.1 Å². The van der Waals surface area contributed by atoms with E-state index in [0.717, 1.165) is 17.8 Å². The van der Waals surface area contributed by atoms with Crippen molar-refractivity contribution >= 4 is 11.5 Å². The summed E-state index contributed by atoms with van der Waals surface area (Å²) >= 11 is 0. The molecule has 3 nitrogen and oxygen atoms in total. The summed E-state index contributed by atoms with van der Waals surface area (Å²) in [6, 6.07) is 6.81. The van der Waals surface area contributed by atoms with Crippen molar-refractivity contribution < 1.29 is 17.6 Å². The van der Waals surface area contributed by atoms with Crippen molar-refractivity contribution in [1.29, 1.82) is 0 Å². The second-order valence-corrected chi connectivity index (χ2v) is 4.46. The fourth-order valence-corrected chi connectivity index (χ4v) is 1.76. The minimum absolute atomic E-state index is 0.0658. The van der Waals surface area contributed by atoms with Crippen molar-refractivity contribution in [2.75, 3.05) is 17.6 Å². The molecule has 2 aromatic rings. The second-order valence-electron chi connectivity index (χ2n) is 4.46. The van der Waals surface area contributed by atoms with Crippen LogP contribution in [0.3, 0.4) is 0 Å². The van der Waals surface area contributed by atoms with Crippen LogP contribution in [-0.2, 0) is 12.6 Å². The Labute approximate surface area is 118 Å². The molecule has 0 radical (unpaired) electrons. The number of hydrogen-bond acceptors (Lipinski definition) is 3. The van der Waals surface area contributed by atoms with Crippen molar-refractivity contribution in [1.82, 2.24) is 4.98 Å². The summed E-state index contributed by atoms with van der Waals surface area (Å²) in [6.45, 7) is 0.425. The Bertz CT molecular complexity index is 609. The number of nitrogens with one attached hydrogen (secondary N) is 1. The smallest absolute Gasteiger partial charge is 0.396 e. The van der Waals surface area contributed by atoms with E-state index in [-0.39, 0.29) is 17.3 Å². The molecule has 3 N–H and O–H groups in total. The Balaban J connectivity index is 1.96. The highest BCUT2D eigenvalue weighted by molar-refractivity contribution is 5.62. The second kappa shape index (κ2) is 5.99. The predicted octanol–water partition coefficient (Wildman–Crippen LogP) is 3.48. The minimum Gasteiger partial charge on any atom is -0.396 e. The molecule has 0 aliphatic heterocycles. The van der Waals surface area contributed by atoms with Crippen LogP contribution < -0.4 is 11.1 Å². The summed E-state index contributed by atoms with van der Waals surface area (Å²) < 4.78 is 50.1. The quantitative estimate of drug-likeness (QED) is 0.850. The molecule has 0 saturated heterocycles. The molecule has 0 unspecified atom stereocenters. The van der Waals surface area contributed by atoms with Crippen molar-refractivity contribution in [2.45, 2.75) is 12.6 Å². The number of anilines is 2. The Morgan fingerprint density at radius 2 is 1.81 bits per heavy atom. The van der Waals surface area contributed by atoms with Gasteiger partial charge in [0.15, 0.2) is 0 Å². The summed E-state index contributed by atoms with van der Waals surface area (Å²) in [5.74, 6) is -0.120. The Morgan fingerprint density at radius 3 is 2.38 bits per heavy atom. The Hall–Kier alpha value is -2.31. The number of nitrogens with two attached hydrogens (primary N) is 1. The molecule has 0 saturated carbocycles. The van der Waals surface area contributed by atoms with Crippen LogP contribution in [0.5, 0.6) is 0 Å². The van der Waals surface area contributed by atoms with Crippen molar-refractivity contribution in [3.63, 3.8) is 0 Å². The van der Waals surface area contributed by atoms with E-state index in [0.29, 0.717) is 13.0 Å². The molecule has 0 bridgehead atoms. The molecule has 2 rings (SSSR count). The van der Waals surface area contributed by atoms with E-state index in [1.807, 2.05) is 0 Å². The number of aromatic nitrogens is 1. The zero-order valence-electron chi connectivity index (χ0n) is 10.9. The number of nitrogen functional groups attached to an aromatic ring is 1. The monoisotopic (exact) mass is 299 g/mol. The first-order chi connectivity index (χ1) is 9.86. The molecule has 0 fully saturated rings. The molecule has 112 valence electrons. The lowest BCUT2D eigenvalue weighted by atomic mass is 10.1. The maximum absolute atomic E-state index is 12.7.